The number of esters is 1. The van der Waals surface area contributed by atoms with Crippen molar-refractivity contribution in [3.63, 3.8) is 0 Å². The third-order valence-electron chi connectivity index (χ3n) is 4.92. The van der Waals surface area contributed by atoms with Crippen LogP contribution in [0.2, 0.25) is 0 Å². The maximum absolute atomic E-state index is 11.7. The largest absolute Gasteiger partial charge is 0.462 e. The topological polar surface area (TPSA) is 26.3 Å². The molecule has 3 aliphatic rings. The number of rotatable bonds is 0. The van der Waals surface area contributed by atoms with E-state index in [2.05, 4.69) is 6.92 Å². The summed E-state index contributed by atoms with van der Waals surface area (Å²) >= 11 is 0. The Bertz CT molecular complexity index is 274. The summed E-state index contributed by atoms with van der Waals surface area (Å²) in [5.74, 6) is 2.61. The fraction of sp³-hybridized carbons (Fsp3) is 0.923. The van der Waals surface area contributed by atoms with Crippen LogP contribution in [-0.4, -0.2) is 12.1 Å². The first kappa shape index (κ1) is 9.68. The van der Waals surface area contributed by atoms with Crippen LogP contribution in [-0.2, 0) is 9.53 Å². The quantitative estimate of drug-likeness (QED) is 0.572. The van der Waals surface area contributed by atoms with Gasteiger partial charge in [-0.2, -0.15) is 0 Å². The highest BCUT2D eigenvalue weighted by Gasteiger charge is 2.48. The Balaban J connectivity index is 1.78. The van der Waals surface area contributed by atoms with Gasteiger partial charge >= 0.3 is 5.97 Å². The number of carbonyl (C=O) groups is 1. The highest BCUT2D eigenvalue weighted by molar-refractivity contribution is 5.75. The minimum absolute atomic E-state index is 0.0940. The molecular formula is C13H20O2. The molecular weight excluding hydrogens is 188 g/mol. The van der Waals surface area contributed by atoms with Crippen molar-refractivity contribution in [1.29, 1.82) is 0 Å². The molecule has 2 saturated carbocycles. The minimum atomic E-state index is 0.0940. The van der Waals surface area contributed by atoms with Crippen molar-refractivity contribution < 1.29 is 9.53 Å². The molecule has 3 rings (SSSR count). The van der Waals surface area contributed by atoms with Crippen molar-refractivity contribution >= 4 is 5.97 Å². The molecule has 1 aliphatic heterocycles. The summed E-state index contributed by atoms with van der Waals surface area (Å²) in [6.45, 7) is 2.08. The van der Waals surface area contributed by atoms with Gasteiger partial charge in [0.2, 0.25) is 0 Å². The van der Waals surface area contributed by atoms with Gasteiger partial charge in [-0.15, -0.1) is 0 Å². The fourth-order valence-corrected chi connectivity index (χ4v) is 4.07. The van der Waals surface area contributed by atoms with Crippen LogP contribution in [0.1, 0.15) is 45.4 Å². The predicted molar refractivity (Wildman–Crippen MR) is 57.2 cm³/mol. The number of fused-ring (bicyclic) bond motifs is 2. The van der Waals surface area contributed by atoms with Crippen LogP contribution in [0.15, 0.2) is 0 Å². The summed E-state index contributed by atoms with van der Waals surface area (Å²) in [6.07, 6.45) is 8.10. The van der Waals surface area contributed by atoms with Crippen molar-refractivity contribution in [1.82, 2.24) is 0 Å². The second kappa shape index (κ2) is 3.50. The zero-order valence-electron chi connectivity index (χ0n) is 9.45. The molecule has 4 unspecified atom stereocenters. The first-order chi connectivity index (χ1) is 7.25. The van der Waals surface area contributed by atoms with E-state index < -0.39 is 0 Å². The Morgan fingerprint density at radius 3 is 2.53 bits per heavy atom. The number of carbonyl (C=O) groups excluding carboxylic acids is 1. The molecule has 5 atom stereocenters. The van der Waals surface area contributed by atoms with Gasteiger partial charge in [0.1, 0.15) is 6.10 Å². The van der Waals surface area contributed by atoms with Gasteiger partial charge < -0.3 is 4.74 Å². The van der Waals surface area contributed by atoms with E-state index in [0.29, 0.717) is 5.92 Å². The van der Waals surface area contributed by atoms with Crippen LogP contribution < -0.4 is 0 Å². The molecule has 2 aliphatic carbocycles. The standard InChI is InChI=1S/C13H20O2/c1-8-11-6-9-4-2-3-5-10(9)7-12(11)13(14)15-8/h8-12H,2-7H2,1H3/t8?,9-,10?,11?,12?/m0/s1. The molecule has 0 N–H and O–H groups in total. The van der Waals surface area contributed by atoms with Gasteiger partial charge in [0, 0.05) is 5.92 Å². The number of hydrogen-bond acceptors (Lipinski definition) is 2. The summed E-state index contributed by atoms with van der Waals surface area (Å²) < 4.78 is 5.38. The van der Waals surface area contributed by atoms with Gasteiger partial charge in [-0.3, -0.25) is 4.79 Å². The lowest BCUT2D eigenvalue weighted by atomic mass is 9.63. The number of ether oxygens (including phenoxy) is 1. The van der Waals surface area contributed by atoms with E-state index in [1.165, 1.54) is 32.1 Å². The lowest BCUT2D eigenvalue weighted by Crippen LogP contribution is -2.35. The van der Waals surface area contributed by atoms with Crippen molar-refractivity contribution in [2.45, 2.75) is 51.6 Å². The Hall–Kier alpha value is -0.530. The zero-order chi connectivity index (χ0) is 10.4. The Morgan fingerprint density at radius 2 is 1.80 bits per heavy atom. The number of cyclic esters (lactones) is 1. The van der Waals surface area contributed by atoms with E-state index in [9.17, 15) is 4.79 Å². The smallest absolute Gasteiger partial charge is 0.309 e. The normalized spacial score (nSPS) is 49.4. The third-order valence-corrected chi connectivity index (χ3v) is 4.92. The Labute approximate surface area is 91.4 Å². The second-order valence-corrected chi connectivity index (χ2v) is 5.69. The maximum Gasteiger partial charge on any atom is 0.309 e. The van der Waals surface area contributed by atoms with Gasteiger partial charge in [-0.1, -0.05) is 25.7 Å². The van der Waals surface area contributed by atoms with E-state index in [1.807, 2.05) is 0 Å². The average Bonchev–Trinajstić information content (AvgIpc) is 2.52. The number of hydrogen-bond donors (Lipinski definition) is 0. The summed E-state index contributed by atoms with van der Waals surface area (Å²) in [5, 5.41) is 0. The van der Waals surface area contributed by atoms with E-state index >= 15 is 0 Å². The van der Waals surface area contributed by atoms with Crippen molar-refractivity contribution in [3.8, 4) is 0 Å². The van der Waals surface area contributed by atoms with Crippen LogP contribution in [0.3, 0.4) is 0 Å². The molecule has 0 bridgehead atoms. The van der Waals surface area contributed by atoms with Crippen molar-refractivity contribution in [2.75, 3.05) is 0 Å². The Morgan fingerprint density at radius 1 is 1.13 bits per heavy atom. The fourth-order valence-electron chi connectivity index (χ4n) is 4.07. The second-order valence-electron chi connectivity index (χ2n) is 5.69. The van der Waals surface area contributed by atoms with Gasteiger partial charge in [-0.25, -0.2) is 0 Å². The lowest BCUT2D eigenvalue weighted by molar-refractivity contribution is -0.144. The van der Waals surface area contributed by atoms with E-state index in [-0.39, 0.29) is 18.0 Å². The van der Waals surface area contributed by atoms with Gasteiger partial charge in [0.05, 0.1) is 5.92 Å². The third kappa shape index (κ3) is 1.49. The molecule has 1 saturated heterocycles. The molecule has 84 valence electrons. The highest BCUT2D eigenvalue weighted by Crippen LogP contribution is 2.49. The van der Waals surface area contributed by atoms with Crippen LogP contribution >= 0.6 is 0 Å². The summed E-state index contributed by atoms with van der Waals surface area (Å²) in [5.41, 5.74) is 0. The predicted octanol–water partition coefficient (Wildman–Crippen LogP) is 2.76. The van der Waals surface area contributed by atoms with E-state index in [1.54, 1.807) is 0 Å². The van der Waals surface area contributed by atoms with Crippen LogP contribution in [0, 0.1) is 23.7 Å². The average molecular weight is 208 g/mol. The zero-order valence-corrected chi connectivity index (χ0v) is 9.45. The van der Waals surface area contributed by atoms with Gasteiger partial charge in [-0.05, 0) is 31.6 Å². The SMILES string of the molecule is CC1OC(=O)C2CC3CCCC[C@H]3CC12. The maximum atomic E-state index is 11.7. The summed E-state index contributed by atoms with van der Waals surface area (Å²) in [7, 11) is 0. The minimum Gasteiger partial charge on any atom is -0.462 e. The van der Waals surface area contributed by atoms with Crippen molar-refractivity contribution in [3.05, 3.63) is 0 Å². The molecule has 0 aromatic rings. The molecule has 0 aromatic heterocycles. The lowest BCUT2D eigenvalue weighted by Gasteiger charge is -2.40. The molecule has 0 radical (unpaired) electrons. The van der Waals surface area contributed by atoms with Gasteiger partial charge in [0.15, 0.2) is 0 Å². The molecule has 2 heteroatoms. The molecule has 2 nitrogen and oxygen atoms in total. The van der Waals surface area contributed by atoms with E-state index in [0.717, 1.165) is 18.3 Å². The van der Waals surface area contributed by atoms with Crippen molar-refractivity contribution in [2.24, 2.45) is 23.7 Å². The van der Waals surface area contributed by atoms with Crippen LogP contribution in [0.4, 0.5) is 0 Å². The van der Waals surface area contributed by atoms with Gasteiger partial charge in [0.25, 0.3) is 0 Å². The van der Waals surface area contributed by atoms with Crippen LogP contribution in [0.25, 0.3) is 0 Å². The van der Waals surface area contributed by atoms with Crippen LogP contribution in [0.5, 0.6) is 0 Å². The van der Waals surface area contributed by atoms with E-state index in [4.69, 9.17) is 4.74 Å². The highest BCUT2D eigenvalue weighted by atomic mass is 16.6. The molecule has 0 aromatic carbocycles. The monoisotopic (exact) mass is 208 g/mol. The molecule has 15 heavy (non-hydrogen) atoms. The molecule has 3 fully saturated rings. The molecule has 0 amide bonds. The molecule has 1 heterocycles. The first-order valence-electron chi connectivity index (χ1n) is 6.46. The summed E-state index contributed by atoms with van der Waals surface area (Å²) in [6, 6.07) is 0. The molecule has 0 spiro atoms. The first-order valence-corrected chi connectivity index (χ1v) is 6.46. The Kier molecular flexibility index (Phi) is 2.26. The summed E-state index contributed by atoms with van der Waals surface area (Å²) in [4.78, 5) is 11.7.